The lowest BCUT2D eigenvalue weighted by Crippen LogP contribution is -2.45. The van der Waals surface area contributed by atoms with Gasteiger partial charge in [-0.2, -0.15) is 0 Å². The molecule has 0 aromatic heterocycles. The smallest absolute Gasteiger partial charge is 0.304 e. The highest BCUT2D eigenvalue weighted by Gasteiger charge is 2.24. The van der Waals surface area contributed by atoms with E-state index in [1.807, 2.05) is 0 Å². The lowest BCUT2D eigenvalue weighted by molar-refractivity contribution is -0.138. The average Bonchev–Trinajstić information content (AvgIpc) is 2.41. The molecular formula is C16H23NO3. The summed E-state index contributed by atoms with van der Waals surface area (Å²) in [5.74, 6) is -0.730. The molecule has 1 aliphatic rings. The van der Waals surface area contributed by atoms with Gasteiger partial charge in [-0.1, -0.05) is 23.8 Å². The molecule has 0 radical (unpaired) electrons. The second-order valence-corrected chi connectivity index (χ2v) is 5.53. The van der Waals surface area contributed by atoms with Gasteiger partial charge < -0.3 is 9.84 Å². The van der Waals surface area contributed by atoms with Gasteiger partial charge in [0.1, 0.15) is 0 Å². The van der Waals surface area contributed by atoms with Crippen LogP contribution in [-0.2, 0) is 16.0 Å². The van der Waals surface area contributed by atoms with E-state index in [1.165, 1.54) is 16.7 Å². The summed E-state index contributed by atoms with van der Waals surface area (Å²) in [6, 6.07) is 6.43. The van der Waals surface area contributed by atoms with Crippen LogP contribution in [0, 0.1) is 13.8 Å². The number of ether oxygens (including phenoxy) is 1. The van der Waals surface area contributed by atoms with E-state index < -0.39 is 5.97 Å². The van der Waals surface area contributed by atoms with E-state index in [9.17, 15) is 4.79 Å². The number of carboxylic acid groups (broad SMARTS) is 1. The Morgan fingerprint density at radius 3 is 2.65 bits per heavy atom. The first kappa shape index (κ1) is 15.0. The maximum Gasteiger partial charge on any atom is 0.304 e. The number of carbonyl (C=O) groups is 1. The largest absolute Gasteiger partial charge is 0.481 e. The van der Waals surface area contributed by atoms with Gasteiger partial charge in [-0.3, -0.25) is 9.69 Å². The molecule has 1 aromatic rings. The van der Waals surface area contributed by atoms with E-state index in [4.69, 9.17) is 9.84 Å². The van der Waals surface area contributed by atoms with Gasteiger partial charge in [0.25, 0.3) is 0 Å². The van der Waals surface area contributed by atoms with E-state index in [1.54, 1.807) is 0 Å². The lowest BCUT2D eigenvalue weighted by Gasteiger charge is -2.34. The van der Waals surface area contributed by atoms with Crippen molar-refractivity contribution in [3.8, 4) is 0 Å². The summed E-state index contributed by atoms with van der Waals surface area (Å²) in [7, 11) is 0. The van der Waals surface area contributed by atoms with E-state index in [0.717, 1.165) is 19.5 Å². The molecule has 20 heavy (non-hydrogen) atoms. The molecule has 110 valence electrons. The van der Waals surface area contributed by atoms with Crippen molar-refractivity contribution in [2.24, 2.45) is 0 Å². The molecule has 0 amide bonds. The van der Waals surface area contributed by atoms with Crippen molar-refractivity contribution in [2.45, 2.75) is 32.7 Å². The Morgan fingerprint density at radius 2 is 2.05 bits per heavy atom. The number of nitrogens with zero attached hydrogens (tertiary/aromatic N) is 1. The van der Waals surface area contributed by atoms with Crippen LogP contribution in [-0.4, -0.2) is 48.3 Å². The normalized spacial score (nSPS) is 17.9. The fraction of sp³-hybridized carbons (Fsp3) is 0.562. The molecular weight excluding hydrogens is 254 g/mol. The number of aliphatic carboxylic acids is 1. The molecule has 1 aromatic carbocycles. The Kier molecular flexibility index (Phi) is 5.15. The minimum absolute atomic E-state index is 0.0535. The summed E-state index contributed by atoms with van der Waals surface area (Å²) in [5, 5.41) is 9.15. The summed E-state index contributed by atoms with van der Waals surface area (Å²) in [6.45, 7) is 7.21. The predicted octanol–water partition coefficient (Wildman–Crippen LogP) is 2.02. The van der Waals surface area contributed by atoms with Gasteiger partial charge in [-0.25, -0.2) is 0 Å². The van der Waals surface area contributed by atoms with Crippen LogP contribution in [0.2, 0.25) is 0 Å². The van der Waals surface area contributed by atoms with Crippen LogP contribution in [0.5, 0.6) is 0 Å². The third kappa shape index (κ3) is 4.05. The average molecular weight is 277 g/mol. The monoisotopic (exact) mass is 277 g/mol. The molecule has 0 spiro atoms. The number of benzene rings is 1. The first-order valence-electron chi connectivity index (χ1n) is 7.16. The highest BCUT2D eigenvalue weighted by molar-refractivity contribution is 5.67. The highest BCUT2D eigenvalue weighted by Crippen LogP contribution is 2.18. The van der Waals surface area contributed by atoms with Crippen LogP contribution in [0.3, 0.4) is 0 Å². The standard InChI is InChI=1S/C16H23NO3/c1-12-3-4-14(13(2)9-12)10-15(11-16(18)19)17-5-7-20-8-6-17/h3-4,9,15H,5-8,10-11H2,1-2H3,(H,18,19). The third-order valence-corrected chi connectivity index (χ3v) is 3.93. The van der Waals surface area contributed by atoms with Crippen molar-refractivity contribution >= 4 is 5.97 Å². The van der Waals surface area contributed by atoms with E-state index in [0.29, 0.717) is 13.2 Å². The number of aryl methyl sites for hydroxylation is 2. The van der Waals surface area contributed by atoms with Gasteiger partial charge in [0.15, 0.2) is 0 Å². The van der Waals surface area contributed by atoms with Crippen molar-refractivity contribution in [3.63, 3.8) is 0 Å². The molecule has 4 heteroatoms. The van der Waals surface area contributed by atoms with Crippen LogP contribution in [0.1, 0.15) is 23.1 Å². The van der Waals surface area contributed by atoms with Crippen LogP contribution < -0.4 is 0 Å². The molecule has 0 saturated carbocycles. The molecule has 1 atom stereocenters. The third-order valence-electron chi connectivity index (χ3n) is 3.93. The number of hydrogen-bond donors (Lipinski definition) is 1. The topological polar surface area (TPSA) is 49.8 Å². The summed E-state index contributed by atoms with van der Waals surface area (Å²) in [4.78, 5) is 13.4. The lowest BCUT2D eigenvalue weighted by atomic mass is 9.96. The van der Waals surface area contributed by atoms with E-state index in [2.05, 4.69) is 36.9 Å². The Balaban J connectivity index is 2.11. The zero-order chi connectivity index (χ0) is 14.5. The van der Waals surface area contributed by atoms with E-state index in [-0.39, 0.29) is 12.5 Å². The molecule has 1 N–H and O–H groups in total. The quantitative estimate of drug-likeness (QED) is 0.894. The van der Waals surface area contributed by atoms with Gasteiger partial charge in [-0.05, 0) is 31.4 Å². The maximum atomic E-state index is 11.1. The molecule has 1 fully saturated rings. The number of morpholine rings is 1. The number of carboxylic acids is 1. The summed E-state index contributed by atoms with van der Waals surface area (Å²) in [6.07, 6.45) is 0.978. The Hall–Kier alpha value is -1.39. The van der Waals surface area contributed by atoms with Crippen LogP contribution in [0.25, 0.3) is 0 Å². The summed E-state index contributed by atoms with van der Waals surface area (Å²) < 4.78 is 5.36. The van der Waals surface area contributed by atoms with Crippen molar-refractivity contribution in [1.82, 2.24) is 4.90 Å². The molecule has 1 unspecified atom stereocenters. The maximum absolute atomic E-state index is 11.1. The fourth-order valence-electron chi connectivity index (χ4n) is 2.80. The summed E-state index contributed by atoms with van der Waals surface area (Å²) in [5.41, 5.74) is 3.73. The zero-order valence-electron chi connectivity index (χ0n) is 12.3. The molecule has 1 aliphatic heterocycles. The van der Waals surface area contributed by atoms with Crippen molar-refractivity contribution in [3.05, 3.63) is 34.9 Å². The van der Waals surface area contributed by atoms with E-state index >= 15 is 0 Å². The highest BCUT2D eigenvalue weighted by atomic mass is 16.5. The minimum Gasteiger partial charge on any atom is -0.481 e. The Labute approximate surface area is 120 Å². The minimum atomic E-state index is -0.730. The van der Waals surface area contributed by atoms with Crippen LogP contribution in [0.4, 0.5) is 0 Å². The molecule has 0 bridgehead atoms. The van der Waals surface area contributed by atoms with Gasteiger partial charge >= 0.3 is 5.97 Å². The molecule has 1 heterocycles. The van der Waals surface area contributed by atoms with Gasteiger partial charge in [0, 0.05) is 19.1 Å². The zero-order valence-corrected chi connectivity index (χ0v) is 12.3. The van der Waals surface area contributed by atoms with Crippen molar-refractivity contribution < 1.29 is 14.6 Å². The second-order valence-electron chi connectivity index (χ2n) is 5.53. The van der Waals surface area contributed by atoms with Crippen molar-refractivity contribution in [2.75, 3.05) is 26.3 Å². The predicted molar refractivity (Wildman–Crippen MR) is 78.1 cm³/mol. The second kappa shape index (κ2) is 6.86. The number of rotatable bonds is 5. The van der Waals surface area contributed by atoms with Gasteiger partial charge in [0.2, 0.25) is 0 Å². The first-order chi connectivity index (χ1) is 9.56. The van der Waals surface area contributed by atoms with Gasteiger partial charge in [0.05, 0.1) is 19.6 Å². The first-order valence-corrected chi connectivity index (χ1v) is 7.16. The fourth-order valence-corrected chi connectivity index (χ4v) is 2.80. The van der Waals surface area contributed by atoms with Crippen molar-refractivity contribution in [1.29, 1.82) is 0 Å². The Morgan fingerprint density at radius 1 is 1.35 bits per heavy atom. The van der Waals surface area contributed by atoms with Crippen LogP contribution in [0.15, 0.2) is 18.2 Å². The molecule has 0 aliphatic carbocycles. The number of hydrogen-bond acceptors (Lipinski definition) is 3. The van der Waals surface area contributed by atoms with Gasteiger partial charge in [-0.15, -0.1) is 0 Å². The molecule has 1 saturated heterocycles. The molecule has 2 rings (SSSR count). The summed E-state index contributed by atoms with van der Waals surface area (Å²) >= 11 is 0. The SMILES string of the molecule is Cc1ccc(CC(CC(=O)O)N2CCOCC2)c(C)c1. The Bertz CT molecular complexity index is 467. The van der Waals surface area contributed by atoms with Crippen LogP contribution >= 0.6 is 0 Å². The molecule has 4 nitrogen and oxygen atoms in total.